The van der Waals surface area contributed by atoms with Crippen molar-refractivity contribution >= 4 is 31.5 Å². The maximum absolute atomic E-state index is 12.2. The monoisotopic (exact) mass is 335 g/mol. The third-order valence-electron chi connectivity index (χ3n) is 2.78. The van der Waals surface area contributed by atoms with Crippen LogP contribution in [0.1, 0.15) is 10.4 Å². The van der Waals surface area contributed by atoms with Crippen LogP contribution in [0.3, 0.4) is 0 Å². The lowest BCUT2D eigenvalue weighted by Crippen LogP contribution is -2.32. The Morgan fingerprint density at radius 1 is 1.14 bits per heavy atom. The van der Waals surface area contributed by atoms with Crippen LogP contribution in [0.2, 0.25) is 0 Å². The van der Waals surface area contributed by atoms with Crippen molar-refractivity contribution in [3.05, 3.63) is 29.8 Å². The summed E-state index contributed by atoms with van der Waals surface area (Å²) in [6.45, 7) is 0. The van der Waals surface area contributed by atoms with Gasteiger partial charge in [0.25, 0.3) is 0 Å². The molecule has 0 aliphatic carbocycles. The highest BCUT2D eigenvalue weighted by Crippen LogP contribution is 2.22. The first-order valence-electron chi connectivity index (χ1n) is 5.90. The van der Waals surface area contributed by atoms with Crippen LogP contribution in [0.5, 0.6) is 0 Å². The molecule has 0 aliphatic rings. The summed E-state index contributed by atoms with van der Waals surface area (Å²) in [4.78, 5) is 11.6. The number of sulfone groups is 1. The van der Waals surface area contributed by atoms with Crippen LogP contribution >= 0.6 is 0 Å². The van der Waals surface area contributed by atoms with Gasteiger partial charge in [-0.15, -0.1) is 0 Å². The number of ether oxygens (including phenoxy) is 1. The van der Waals surface area contributed by atoms with E-state index >= 15 is 0 Å². The Balaban J connectivity index is 3.14. The highest BCUT2D eigenvalue weighted by atomic mass is 32.2. The fourth-order valence-corrected chi connectivity index (χ4v) is 4.36. The maximum atomic E-state index is 12.2. The summed E-state index contributed by atoms with van der Waals surface area (Å²) in [6, 6.07) is 6.03. The maximum Gasteiger partial charge on any atom is 0.340 e. The molecule has 0 bridgehead atoms. The molecule has 9 heteroatoms. The highest BCUT2D eigenvalue weighted by Gasteiger charge is 2.24. The minimum Gasteiger partial charge on any atom is -0.465 e. The van der Waals surface area contributed by atoms with E-state index in [1.807, 2.05) is 0 Å². The molecule has 0 saturated heterocycles. The molecule has 21 heavy (non-hydrogen) atoms. The van der Waals surface area contributed by atoms with Gasteiger partial charge in [0.1, 0.15) is 9.84 Å². The normalized spacial score (nSPS) is 12.0. The van der Waals surface area contributed by atoms with Crippen molar-refractivity contribution in [3.8, 4) is 0 Å². The first-order valence-corrected chi connectivity index (χ1v) is 9.57. The Kier molecular flexibility index (Phi) is 5.35. The van der Waals surface area contributed by atoms with Crippen LogP contribution in [0.4, 0.5) is 5.69 Å². The SMILES string of the molecule is COC(=O)c1ccccc1N(C)S(=O)(=O)CCS(C)(=O)=O. The summed E-state index contributed by atoms with van der Waals surface area (Å²) in [7, 11) is -4.81. The Hall–Kier alpha value is -1.61. The van der Waals surface area contributed by atoms with Crippen LogP contribution < -0.4 is 4.31 Å². The van der Waals surface area contributed by atoms with E-state index in [9.17, 15) is 21.6 Å². The zero-order valence-electron chi connectivity index (χ0n) is 11.9. The van der Waals surface area contributed by atoms with E-state index in [2.05, 4.69) is 4.74 Å². The van der Waals surface area contributed by atoms with Crippen molar-refractivity contribution in [2.24, 2.45) is 0 Å². The molecule has 1 aromatic carbocycles. The van der Waals surface area contributed by atoms with Gasteiger partial charge in [0.2, 0.25) is 10.0 Å². The van der Waals surface area contributed by atoms with Gasteiger partial charge in [-0.3, -0.25) is 4.31 Å². The zero-order chi connectivity index (χ0) is 16.3. The predicted octanol–water partition coefficient (Wildman–Crippen LogP) is 0.284. The minimum atomic E-state index is -3.86. The number of benzene rings is 1. The molecule has 1 aromatic rings. The quantitative estimate of drug-likeness (QED) is 0.693. The number of sulfonamides is 1. The topological polar surface area (TPSA) is 97.8 Å². The lowest BCUT2D eigenvalue weighted by Gasteiger charge is -2.21. The fraction of sp³-hybridized carbons (Fsp3) is 0.417. The summed E-state index contributed by atoms with van der Waals surface area (Å²) in [6.07, 6.45) is 0.963. The zero-order valence-corrected chi connectivity index (χ0v) is 13.6. The van der Waals surface area contributed by atoms with Gasteiger partial charge >= 0.3 is 5.97 Å². The number of carbonyl (C=O) groups is 1. The standard InChI is InChI=1S/C12H17NO6S2/c1-13(21(17,18)9-8-20(3,15)16)11-7-5-4-6-10(11)12(14)19-2/h4-7H,8-9H2,1-3H3. The van der Waals surface area contributed by atoms with Crippen molar-refractivity contribution in [1.29, 1.82) is 0 Å². The molecule has 0 fully saturated rings. The molecular weight excluding hydrogens is 318 g/mol. The number of para-hydroxylation sites is 1. The van der Waals surface area contributed by atoms with Crippen molar-refractivity contribution in [1.82, 2.24) is 0 Å². The molecule has 7 nitrogen and oxygen atoms in total. The van der Waals surface area contributed by atoms with E-state index in [-0.39, 0.29) is 11.3 Å². The molecule has 0 heterocycles. The van der Waals surface area contributed by atoms with Crippen molar-refractivity contribution in [2.45, 2.75) is 0 Å². The van der Waals surface area contributed by atoms with Crippen LogP contribution in [-0.4, -0.2) is 54.7 Å². The van der Waals surface area contributed by atoms with E-state index in [0.29, 0.717) is 0 Å². The number of esters is 1. The second-order valence-electron chi connectivity index (χ2n) is 4.42. The van der Waals surface area contributed by atoms with Crippen LogP contribution in [-0.2, 0) is 24.6 Å². The lowest BCUT2D eigenvalue weighted by molar-refractivity contribution is 0.0601. The van der Waals surface area contributed by atoms with Gasteiger partial charge in [0, 0.05) is 13.3 Å². The second kappa shape index (κ2) is 6.44. The predicted molar refractivity (Wildman–Crippen MR) is 79.7 cm³/mol. The van der Waals surface area contributed by atoms with Gasteiger partial charge in [-0.1, -0.05) is 12.1 Å². The van der Waals surface area contributed by atoms with E-state index in [1.54, 1.807) is 12.1 Å². The number of carbonyl (C=O) groups excluding carboxylic acids is 1. The third-order valence-corrected chi connectivity index (χ3v) is 5.73. The number of anilines is 1. The van der Waals surface area contributed by atoms with Gasteiger partial charge < -0.3 is 4.74 Å². The van der Waals surface area contributed by atoms with Gasteiger partial charge in [0.05, 0.1) is 29.9 Å². The molecule has 0 aliphatic heterocycles. The molecule has 0 aromatic heterocycles. The molecular formula is C12H17NO6S2. The molecule has 0 radical (unpaired) electrons. The Bertz CT molecular complexity index is 724. The average Bonchev–Trinajstić information content (AvgIpc) is 2.43. The number of methoxy groups -OCH3 is 1. The first kappa shape index (κ1) is 17.4. The Morgan fingerprint density at radius 3 is 2.24 bits per heavy atom. The van der Waals surface area contributed by atoms with Crippen LogP contribution in [0.25, 0.3) is 0 Å². The van der Waals surface area contributed by atoms with Crippen LogP contribution in [0, 0.1) is 0 Å². The van der Waals surface area contributed by atoms with Gasteiger partial charge in [-0.25, -0.2) is 21.6 Å². The molecule has 1 rings (SSSR count). The van der Waals surface area contributed by atoms with Gasteiger partial charge in [-0.05, 0) is 12.1 Å². The van der Waals surface area contributed by atoms with Crippen molar-refractivity contribution < 1.29 is 26.4 Å². The molecule has 0 spiro atoms. The summed E-state index contributed by atoms with van der Waals surface area (Å²) < 4.78 is 52.0. The van der Waals surface area contributed by atoms with Crippen molar-refractivity contribution in [2.75, 3.05) is 36.2 Å². The van der Waals surface area contributed by atoms with Crippen LogP contribution in [0.15, 0.2) is 24.3 Å². The smallest absolute Gasteiger partial charge is 0.340 e. The number of hydrogen-bond donors (Lipinski definition) is 0. The molecule has 0 saturated carbocycles. The largest absolute Gasteiger partial charge is 0.465 e. The van der Waals surface area contributed by atoms with E-state index in [0.717, 1.165) is 10.6 Å². The molecule has 0 N–H and O–H groups in total. The number of rotatable bonds is 6. The molecule has 118 valence electrons. The average molecular weight is 335 g/mol. The van der Waals surface area contributed by atoms with Gasteiger partial charge in [0.15, 0.2) is 0 Å². The summed E-state index contributed by atoms with van der Waals surface area (Å²) in [5.41, 5.74) is 0.225. The summed E-state index contributed by atoms with van der Waals surface area (Å²) >= 11 is 0. The lowest BCUT2D eigenvalue weighted by atomic mass is 10.2. The van der Waals surface area contributed by atoms with E-state index in [1.165, 1.54) is 26.3 Å². The number of hydrogen-bond acceptors (Lipinski definition) is 6. The minimum absolute atomic E-state index is 0.0884. The fourth-order valence-electron chi connectivity index (χ4n) is 1.57. The molecule has 0 atom stereocenters. The Morgan fingerprint density at radius 2 is 1.71 bits per heavy atom. The van der Waals surface area contributed by atoms with Crippen molar-refractivity contribution in [3.63, 3.8) is 0 Å². The number of nitrogens with zero attached hydrogens (tertiary/aromatic N) is 1. The first-order chi connectivity index (χ1) is 9.58. The highest BCUT2D eigenvalue weighted by molar-refractivity contribution is 7.95. The third kappa shape index (κ3) is 4.71. The van der Waals surface area contributed by atoms with E-state index in [4.69, 9.17) is 0 Å². The van der Waals surface area contributed by atoms with Gasteiger partial charge in [-0.2, -0.15) is 0 Å². The summed E-state index contributed by atoms with van der Waals surface area (Å²) in [5, 5.41) is 0. The van der Waals surface area contributed by atoms with E-state index < -0.39 is 37.3 Å². The molecule has 0 unspecified atom stereocenters. The second-order valence-corrected chi connectivity index (χ2v) is 8.80. The molecule has 0 amide bonds. The Labute approximate surface area is 124 Å². The summed E-state index contributed by atoms with van der Waals surface area (Å²) in [5.74, 6) is -1.71.